The lowest BCUT2D eigenvalue weighted by Crippen LogP contribution is -2.27. The van der Waals surface area contributed by atoms with Gasteiger partial charge in [0.15, 0.2) is 5.75 Å². The average Bonchev–Trinajstić information content (AvgIpc) is 3.03. The summed E-state index contributed by atoms with van der Waals surface area (Å²) in [6.45, 7) is 3.04. The summed E-state index contributed by atoms with van der Waals surface area (Å²) in [5.74, 6) is 0.556. The largest absolute Gasteiger partial charge is 0.490 e. The summed E-state index contributed by atoms with van der Waals surface area (Å²) in [5.41, 5.74) is 1.87. The van der Waals surface area contributed by atoms with Crippen molar-refractivity contribution in [1.82, 2.24) is 14.5 Å². The van der Waals surface area contributed by atoms with E-state index in [4.69, 9.17) is 4.74 Å². The number of hydrogen-bond acceptors (Lipinski definition) is 5. The van der Waals surface area contributed by atoms with Gasteiger partial charge in [0.05, 0.1) is 29.6 Å². The molecule has 140 valence electrons. The van der Waals surface area contributed by atoms with Crippen LogP contribution in [0.15, 0.2) is 42.5 Å². The Hall–Kier alpha value is -3.42. The zero-order chi connectivity index (χ0) is 19.6. The highest BCUT2D eigenvalue weighted by Crippen LogP contribution is 2.28. The number of nitrogens with zero attached hydrogens (tertiary/aromatic N) is 4. The van der Waals surface area contributed by atoms with E-state index in [1.54, 1.807) is 7.05 Å². The number of methoxy groups -OCH3 is 1. The number of nitro benzene ring substituents is 1. The molecule has 0 saturated heterocycles. The van der Waals surface area contributed by atoms with Gasteiger partial charge in [-0.05, 0) is 31.2 Å². The van der Waals surface area contributed by atoms with Crippen LogP contribution in [0.3, 0.4) is 0 Å². The number of aryl methyl sites for hydroxylation is 1. The molecule has 0 fully saturated rings. The topological polar surface area (TPSA) is 90.5 Å². The number of benzene rings is 2. The van der Waals surface area contributed by atoms with Gasteiger partial charge in [-0.2, -0.15) is 0 Å². The summed E-state index contributed by atoms with van der Waals surface area (Å²) in [7, 11) is 3.00. The van der Waals surface area contributed by atoms with Gasteiger partial charge in [-0.1, -0.05) is 12.1 Å². The molecular formula is C19H20N4O4. The van der Waals surface area contributed by atoms with E-state index in [-0.39, 0.29) is 22.9 Å². The van der Waals surface area contributed by atoms with Gasteiger partial charge in [-0.15, -0.1) is 0 Å². The molecule has 8 nitrogen and oxygen atoms in total. The van der Waals surface area contributed by atoms with Crippen LogP contribution < -0.4 is 4.74 Å². The fraction of sp³-hybridized carbons (Fsp3) is 0.263. The van der Waals surface area contributed by atoms with Crippen LogP contribution in [-0.2, 0) is 13.1 Å². The summed E-state index contributed by atoms with van der Waals surface area (Å²) >= 11 is 0. The second-order valence-corrected chi connectivity index (χ2v) is 6.07. The third kappa shape index (κ3) is 3.46. The Morgan fingerprint density at radius 1 is 1.30 bits per heavy atom. The van der Waals surface area contributed by atoms with E-state index >= 15 is 0 Å². The number of imidazole rings is 1. The van der Waals surface area contributed by atoms with Gasteiger partial charge in [-0.3, -0.25) is 14.9 Å². The molecular weight excluding hydrogens is 348 g/mol. The zero-order valence-corrected chi connectivity index (χ0v) is 15.4. The first kappa shape index (κ1) is 18.4. The van der Waals surface area contributed by atoms with Crippen LogP contribution in [0.1, 0.15) is 23.1 Å². The van der Waals surface area contributed by atoms with Gasteiger partial charge < -0.3 is 14.2 Å². The molecule has 0 N–H and O–H groups in total. The highest BCUT2D eigenvalue weighted by atomic mass is 16.6. The number of rotatable bonds is 6. The van der Waals surface area contributed by atoms with Crippen LogP contribution in [0, 0.1) is 10.1 Å². The standard InChI is InChI=1S/C19H20N4O4/c1-4-22-15-8-6-5-7-14(15)20-18(22)12-21(2)19(24)13-9-10-17(27-3)16(11-13)23(25)26/h5-11H,4,12H2,1-3H3. The minimum Gasteiger partial charge on any atom is -0.490 e. The minimum atomic E-state index is -0.563. The molecule has 0 bridgehead atoms. The summed E-state index contributed by atoms with van der Waals surface area (Å²) in [5, 5.41) is 11.2. The van der Waals surface area contributed by atoms with E-state index < -0.39 is 4.92 Å². The molecule has 1 amide bonds. The molecule has 8 heteroatoms. The smallest absolute Gasteiger partial charge is 0.311 e. The maximum absolute atomic E-state index is 12.8. The van der Waals surface area contributed by atoms with Crippen molar-refractivity contribution in [3.05, 3.63) is 64.0 Å². The predicted octanol–water partition coefficient (Wildman–Crippen LogP) is 3.25. The summed E-state index contributed by atoms with van der Waals surface area (Å²) < 4.78 is 7.03. The highest BCUT2D eigenvalue weighted by Gasteiger charge is 2.21. The molecule has 1 heterocycles. The number of aromatic nitrogens is 2. The normalized spacial score (nSPS) is 10.8. The van der Waals surface area contributed by atoms with Crippen LogP contribution >= 0.6 is 0 Å². The fourth-order valence-corrected chi connectivity index (χ4v) is 3.07. The average molecular weight is 368 g/mol. The number of para-hydroxylation sites is 2. The maximum atomic E-state index is 12.8. The molecule has 0 atom stereocenters. The van der Waals surface area contributed by atoms with E-state index in [2.05, 4.69) is 9.55 Å². The maximum Gasteiger partial charge on any atom is 0.311 e. The lowest BCUT2D eigenvalue weighted by Gasteiger charge is -2.18. The van der Waals surface area contributed by atoms with Gasteiger partial charge in [0.25, 0.3) is 5.91 Å². The van der Waals surface area contributed by atoms with E-state index in [9.17, 15) is 14.9 Å². The van der Waals surface area contributed by atoms with Crippen molar-refractivity contribution in [3.63, 3.8) is 0 Å². The Bertz CT molecular complexity index is 1010. The molecule has 3 aromatic rings. The van der Waals surface area contributed by atoms with Crippen LogP contribution in [0.4, 0.5) is 5.69 Å². The third-order valence-corrected chi connectivity index (χ3v) is 4.40. The number of fused-ring (bicyclic) bond motifs is 1. The van der Waals surface area contributed by atoms with Gasteiger partial charge in [0, 0.05) is 25.2 Å². The molecule has 0 radical (unpaired) electrons. The van der Waals surface area contributed by atoms with Crippen molar-refractivity contribution < 1.29 is 14.5 Å². The number of nitro groups is 1. The Morgan fingerprint density at radius 3 is 2.70 bits per heavy atom. The second-order valence-electron chi connectivity index (χ2n) is 6.07. The molecule has 2 aromatic carbocycles. The lowest BCUT2D eigenvalue weighted by atomic mass is 10.1. The van der Waals surface area contributed by atoms with Gasteiger partial charge >= 0.3 is 5.69 Å². The Balaban J connectivity index is 1.88. The predicted molar refractivity (Wildman–Crippen MR) is 101 cm³/mol. The molecule has 0 aliphatic heterocycles. The minimum absolute atomic E-state index is 0.118. The molecule has 27 heavy (non-hydrogen) atoms. The second kappa shape index (κ2) is 7.45. The molecule has 3 rings (SSSR count). The Morgan fingerprint density at radius 2 is 2.04 bits per heavy atom. The van der Waals surface area contributed by atoms with E-state index in [0.717, 1.165) is 23.4 Å². The molecule has 0 unspecified atom stereocenters. The molecule has 0 spiro atoms. The van der Waals surface area contributed by atoms with Crippen LogP contribution in [0.25, 0.3) is 11.0 Å². The number of carbonyl (C=O) groups excluding carboxylic acids is 1. The monoisotopic (exact) mass is 368 g/mol. The number of amides is 1. The third-order valence-electron chi connectivity index (χ3n) is 4.40. The van der Waals surface area contributed by atoms with Gasteiger partial charge in [0.1, 0.15) is 5.82 Å². The van der Waals surface area contributed by atoms with Gasteiger partial charge in [0.2, 0.25) is 0 Å². The van der Waals surface area contributed by atoms with Crippen molar-refractivity contribution in [3.8, 4) is 5.75 Å². The first-order chi connectivity index (χ1) is 13.0. The first-order valence-electron chi connectivity index (χ1n) is 8.48. The van der Waals surface area contributed by atoms with E-state index in [0.29, 0.717) is 6.54 Å². The number of ether oxygens (including phenoxy) is 1. The van der Waals surface area contributed by atoms with Gasteiger partial charge in [-0.25, -0.2) is 4.98 Å². The van der Waals surface area contributed by atoms with E-state index in [1.165, 1.54) is 30.2 Å². The van der Waals surface area contributed by atoms with Crippen LogP contribution in [0.2, 0.25) is 0 Å². The Labute approximate surface area is 156 Å². The molecule has 0 aliphatic carbocycles. The van der Waals surface area contributed by atoms with Crippen molar-refractivity contribution in [1.29, 1.82) is 0 Å². The van der Waals surface area contributed by atoms with Crippen molar-refractivity contribution in [2.75, 3.05) is 14.2 Å². The lowest BCUT2D eigenvalue weighted by molar-refractivity contribution is -0.385. The SMILES string of the molecule is CCn1c(CN(C)C(=O)c2ccc(OC)c([N+](=O)[O-])c2)nc2ccccc21. The van der Waals surface area contributed by atoms with Crippen molar-refractivity contribution in [2.45, 2.75) is 20.0 Å². The fourth-order valence-electron chi connectivity index (χ4n) is 3.07. The first-order valence-corrected chi connectivity index (χ1v) is 8.48. The number of hydrogen-bond donors (Lipinski definition) is 0. The van der Waals surface area contributed by atoms with Crippen LogP contribution in [0.5, 0.6) is 5.75 Å². The molecule has 0 aliphatic rings. The highest BCUT2D eigenvalue weighted by molar-refractivity contribution is 5.95. The molecule has 1 aromatic heterocycles. The van der Waals surface area contributed by atoms with Crippen molar-refractivity contribution in [2.24, 2.45) is 0 Å². The summed E-state index contributed by atoms with van der Waals surface area (Å²) in [4.78, 5) is 29.5. The summed E-state index contributed by atoms with van der Waals surface area (Å²) in [6.07, 6.45) is 0. The molecule has 0 saturated carbocycles. The Kier molecular flexibility index (Phi) is 5.07. The summed E-state index contributed by atoms with van der Waals surface area (Å²) in [6, 6.07) is 12.0. The van der Waals surface area contributed by atoms with E-state index in [1.807, 2.05) is 31.2 Å². The number of carbonyl (C=O) groups is 1. The van der Waals surface area contributed by atoms with Crippen LogP contribution in [-0.4, -0.2) is 39.4 Å². The zero-order valence-electron chi connectivity index (χ0n) is 15.4. The quantitative estimate of drug-likeness (QED) is 0.492. The van der Waals surface area contributed by atoms with Crippen molar-refractivity contribution >= 4 is 22.6 Å².